The summed E-state index contributed by atoms with van der Waals surface area (Å²) in [6.07, 6.45) is 7.91. The Labute approximate surface area is 145 Å². The number of aliphatic hydroxyl groups is 1. The number of nitrogens with two attached hydrogens (primary N) is 1. The molecule has 2 aromatic rings. The van der Waals surface area contributed by atoms with Crippen molar-refractivity contribution in [1.82, 2.24) is 14.8 Å². The van der Waals surface area contributed by atoms with Crippen LogP contribution in [0, 0.1) is 11.3 Å². The summed E-state index contributed by atoms with van der Waals surface area (Å²) in [6, 6.07) is 3.57. The number of pyridine rings is 1. The molecular formula is C16H21ClN6O. The first kappa shape index (κ1) is 16.9. The molecule has 0 bridgehead atoms. The van der Waals surface area contributed by atoms with Crippen molar-refractivity contribution in [1.29, 1.82) is 5.41 Å². The lowest BCUT2D eigenvalue weighted by Gasteiger charge is -2.28. The molecule has 0 aromatic carbocycles. The largest absolute Gasteiger partial charge is 0.374 e. The Balaban J connectivity index is 1.89. The van der Waals surface area contributed by atoms with E-state index in [-0.39, 0.29) is 12.0 Å². The molecule has 2 aromatic heterocycles. The minimum atomic E-state index is -1.14. The van der Waals surface area contributed by atoms with Crippen LogP contribution in [0.1, 0.15) is 43.5 Å². The van der Waals surface area contributed by atoms with Crippen LogP contribution in [-0.4, -0.2) is 26.1 Å². The molecule has 24 heavy (non-hydrogen) atoms. The van der Waals surface area contributed by atoms with E-state index in [9.17, 15) is 5.11 Å². The minimum Gasteiger partial charge on any atom is -0.374 e. The quantitative estimate of drug-likeness (QED) is 0.377. The summed E-state index contributed by atoms with van der Waals surface area (Å²) < 4.78 is 1.83. The highest BCUT2D eigenvalue weighted by molar-refractivity contribution is 6.29. The summed E-state index contributed by atoms with van der Waals surface area (Å²) in [6.45, 7) is 0. The molecule has 0 spiro atoms. The van der Waals surface area contributed by atoms with Crippen LogP contribution in [0.15, 0.2) is 24.5 Å². The monoisotopic (exact) mass is 348 g/mol. The van der Waals surface area contributed by atoms with Crippen molar-refractivity contribution >= 4 is 29.3 Å². The molecule has 3 atom stereocenters. The van der Waals surface area contributed by atoms with Crippen LogP contribution in [0.4, 0.5) is 11.5 Å². The van der Waals surface area contributed by atoms with E-state index in [0.29, 0.717) is 22.2 Å². The highest BCUT2D eigenvalue weighted by Crippen LogP contribution is 2.34. The molecule has 0 aliphatic heterocycles. The van der Waals surface area contributed by atoms with Crippen molar-refractivity contribution < 1.29 is 5.11 Å². The predicted molar refractivity (Wildman–Crippen MR) is 93.7 cm³/mol. The van der Waals surface area contributed by atoms with Crippen LogP contribution >= 0.6 is 11.6 Å². The van der Waals surface area contributed by atoms with Gasteiger partial charge in [0.15, 0.2) is 5.82 Å². The molecule has 0 saturated heterocycles. The number of rotatable bonds is 5. The maximum Gasteiger partial charge on any atom is 0.159 e. The molecule has 3 rings (SSSR count). The zero-order chi connectivity index (χ0) is 17.1. The lowest BCUT2D eigenvalue weighted by Crippen LogP contribution is -2.24. The zero-order valence-corrected chi connectivity index (χ0v) is 13.9. The number of aliphatic hydroxyl groups excluding tert-OH is 1. The molecule has 0 amide bonds. The fraction of sp³-hybridized carbons (Fsp3) is 0.438. The molecule has 7 nitrogen and oxygen atoms in total. The minimum absolute atomic E-state index is 0.118. The van der Waals surface area contributed by atoms with Crippen molar-refractivity contribution in [2.45, 2.75) is 38.0 Å². The Morgan fingerprint density at radius 1 is 1.42 bits per heavy atom. The first-order valence-corrected chi connectivity index (χ1v) is 8.38. The van der Waals surface area contributed by atoms with Crippen LogP contribution < -0.4 is 11.1 Å². The van der Waals surface area contributed by atoms with Crippen molar-refractivity contribution in [3.63, 3.8) is 0 Å². The number of hydrogen-bond donors (Lipinski definition) is 4. The fourth-order valence-corrected chi connectivity index (χ4v) is 3.25. The van der Waals surface area contributed by atoms with Crippen LogP contribution in [0.2, 0.25) is 5.15 Å². The molecule has 1 aliphatic rings. The lowest BCUT2D eigenvalue weighted by molar-refractivity contribution is 0.186. The topological polar surface area (TPSA) is 113 Å². The van der Waals surface area contributed by atoms with Gasteiger partial charge in [-0.2, -0.15) is 5.10 Å². The van der Waals surface area contributed by atoms with Gasteiger partial charge in [0.05, 0.1) is 23.5 Å². The Hall–Kier alpha value is -1.96. The van der Waals surface area contributed by atoms with E-state index in [0.717, 1.165) is 25.7 Å². The Bertz CT molecular complexity index is 699. The van der Waals surface area contributed by atoms with Gasteiger partial charge in [-0.05, 0) is 25.0 Å². The molecule has 1 unspecified atom stereocenters. The second-order valence-corrected chi connectivity index (χ2v) is 6.42. The second kappa shape index (κ2) is 7.29. The van der Waals surface area contributed by atoms with Crippen molar-refractivity contribution in [2.24, 2.45) is 11.7 Å². The number of hydrogen-bond acceptors (Lipinski definition) is 6. The van der Waals surface area contributed by atoms with Gasteiger partial charge in [0.25, 0.3) is 0 Å². The standard InChI is InChI=1S/C16H21ClN6O/c17-14-6-5-11(8-20-14)21-16-12(15(19)24)9-23(22-16)13-4-2-1-3-10(13)7-18/h5-10,13,15,18,24H,1-4,19H2,(H,21,22)/t10-,13+,15?/m0/s1. The van der Waals surface area contributed by atoms with Crippen LogP contribution in [0.3, 0.4) is 0 Å². The number of nitrogens with zero attached hydrogens (tertiary/aromatic N) is 3. The summed E-state index contributed by atoms with van der Waals surface area (Å²) in [5.74, 6) is 0.648. The molecule has 5 N–H and O–H groups in total. The van der Waals surface area contributed by atoms with Gasteiger partial charge < -0.3 is 21.6 Å². The average Bonchev–Trinajstić information content (AvgIpc) is 3.01. The van der Waals surface area contributed by atoms with Crippen LogP contribution in [0.5, 0.6) is 0 Å². The van der Waals surface area contributed by atoms with Gasteiger partial charge >= 0.3 is 0 Å². The van der Waals surface area contributed by atoms with Gasteiger partial charge in [-0.3, -0.25) is 4.68 Å². The summed E-state index contributed by atoms with van der Waals surface area (Å²) in [4.78, 5) is 4.02. The van der Waals surface area contributed by atoms with Gasteiger partial charge in [0, 0.05) is 18.3 Å². The van der Waals surface area contributed by atoms with E-state index in [1.54, 1.807) is 24.5 Å². The molecule has 1 aliphatic carbocycles. The SMILES string of the molecule is N=C[C@@H]1CCCC[C@H]1n1cc(C(N)O)c(Nc2ccc(Cl)nc2)n1. The fourth-order valence-electron chi connectivity index (χ4n) is 3.14. The maximum atomic E-state index is 9.86. The second-order valence-electron chi connectivity index (χ2n) is 6.03. The highest BCUT2D eigenvalue weighted by atomic mass is 35.5. The van der Waals surface area contributed by atoms with Crippen LogP contribution in [0.25, 0.3) is 0 Å². The van der Waals surface area contributed by atoms with E-state index in [4.69, 9.17) is 22.7 Å². The van der Waals surface area contributed by atoms with Crippen LogP contribution in [-0.2, 0) is 0 Å². The molecule has 8 heteroatoms. The van der Waals surface area contributed by atoms with Gasteiger partial charge in [-0.1, -0.05) is 24.4 Å². The zero-order valence-electron chi connectivity index (χ0n) is 13.2. The maximum absolute atomic E-state index is 9.86. The average molecular weight is 349 g/mol. The molecule has 1 fully saturated rings. The van der Waals surface area contributed by atoms with E-state index in [2.05, 4.69) is 15.4 Å². The summed E-state index contributed by atoms with van der Waals surface area (Å²) in [5, 5.41) is 25.6. The number of anilines is 2. The molecule has 1 saturated carbocycles. The van der Waals surface area contributed by atoms with E-state index in [1.165, 1.54) is 6.21 Å². The number of aromatic nitrogens is 3. The normalized spacial score (nSPS) is 22.1. The van der Waals surface area contributed by atoms with Gasteiger partial charge in [-0.25, -0.2) is 4.98 Å². The Morgan fingerprint density at radius 3 is 2.88 bits per heavy atom. The summed E-state index contributed by atoms with van der Waals surface area (Å²) >= 11 is 5.79. The predicted octanol–water partition coefficient (Wildman–Crippen LogP) is 3.01. The number of nitrogens with one attached hydrogen (secondary N) is 2. The lowest BCUT2D eigenvalue weighted by atomic mass is 9.85. The molecule has 128 valence electrons. The molecular weight excluding hydrogens is 328 g/mol. The first-order valence-electron chi connectivity index (χ1n) is 8.00. The van der Waals surface area contributed by atoms with Gasteiger partial charge in [0.1, 0.15) is 11.4 Å². The van der Waals surface area contributed by atoms with Gasteiger partial charge in [0.2, 0.25) is 0 Å². The van der Waals surface area contributed by atoms with Crippen molar-refractivity contribution in [3.05, 3.63) is 35.2 Å². The van der Waals surface area contributed by atoms with E-state index in [1.807, 2.05) is 4.68 Å². The van der Waals surface area contributed by atoms with Crippen molar-refractivity contribution in [2.75, 3.05) is 5.32 Å². The third-order valence-electron chi connectivity index (χ3n) is 4.40. The van der Waals surface area contributed by atoms with E-state index < -0.39 is 6.23 Å². The molecule has 0 radical (unpaired) electrons. The Kier molecular flexibility index (Phi) is 5.13. The first-order chi connectivity index (χ1) is 11.6. The third kappa shape index (κ3) is 3.58. The third-order valence-corrected chi connectivity index (χ3v) is 4.63. The highest BCUT2D eigenvalue weighted by Gasteiger charge is 2.27. The van der Waals surface area contributed by atoms with Gasteiger partial charge in [-0.15, -0.1) is 0 Å². The smallest absolute Gasteiger partial charge is 0.159 e. The Morgan fingerprint density at radius 2 is 2.21 bits per heavy atom. The number of halogens is 1. The van der Waals surface area contributed by atoms with E-state index >= 15 is 0 Å². The van der Waals surface area contributed by atoms with Crippen molar-refractivity contribution in [3.8, 4) is 0 Å². The summed E-state index contributed by atoms with van der Waals surface area (Å²) in [5.41, 5.74) is 6.90. The summed E-state index contributed by atoms with van der Waals surface area (Å²) in [7, 11) is 0. The molecule has 2 heterocycles.